The number of benzene rings is 1. The molecule has 1 aliphatic carbocycles. The molecule has 0 amide bonds. The fourth-order valence-electron chi connectivity index (χ4n) is 5.43. The van der Waals surface area contributed by atoms with E-state index in [1.165, 1.54) is 37.0 Å². The smallest absolute Gasteiger partial charge is 0.178 e. The third-order valence-electron chi connectivity index (χ3n) is 7.43. The topological polar surface area (TPSA) is 78.5 Å². The first-order valence-corrected chi connectivity index (χ1v) is 14.5. The van der Waals surface area contributed by atoms with Gasteiger partial charge in [0.15, 0.2) is 5.65 Å². The Morgan fingerprint density at radius 2 is 1.93 bits per heavy atom. The van der Waals surface area contributed by atoms with Crippen LogP contribution in [0.4, 0.5) is 11.4 Å². The summed E-state index contributed by atoms with van der Waals surface area (Å²) in [6.45, 7) is 4.34. The number of nitrogens with zero attached hydrogens (tertiary/aromatic N) is 3. The molecule has 0 aliphatic heterocycles. The molecule has 1 aliphatic rings. The second-order valence-corrected chi connectivity index (χ2v) is 10.9. The highest BCUT2D eigenvalue weighted by Gasteiger charge is 2.17. The summed E-state index contributed by atoms with van der Waals surface area (Å²) in [7, 11) is 1.95. The van der Waals surface area contributed by atoms with Gasteiger partial charge in [0.1, 0.15) is 5.82 Å². The van der Waals surface area contributed by atoms with Crippen LogP contribution in [0.1, 0.15) is 43.5 Å². The molecule has 1 saturated carbocycles. The number of hydrogen-bond donors (Lipinski definition) is 3. The molecule has 4 heterocycles. The summed E-state index contributed by atoms with van der Waals surface area (Å²) in [5, 5.41) is 8.97. The third kappa shape index (κ3) is 5.93. The van der Waals surface area contributed by atoms with Crippen LogP contribution in [-0.2, 0) is 6.42 Å². The van der Waals surface area contributed by atoms with Crippen molar-refractivity contribution in [2.45, 2.75) is 38.5 Å². The van der Waals surface area contributed by atoms with Crippen LogP contribution in [0.5, 0.6) is 0 Å². The lowest BCUT2D eigenvalue weighted by Gasteiger charge is -2.24. The van der Waals surface area contributed by atoms with Gasteiger partial charge in [-0.3, -0.25) is 4.98 Å². The molecule has 0 atom stereocenters. The minimum atomic E-state index is 0.549. The highest BCUT2D eigenvalue weighted by atomic mass is 32.1. The molecule has 5 aromatic rings. The number of anilines is 2. The van der Waals surface area contributed by atoms with Crippen molar-refractivity contribution in [3.63, 3.8) is 0 Å². The number of terminal acetylenes is 1. The molecule has 7 heteroatoms. The van der Waals surface area contributed by atoms with Crippen LogP contribution >= 0.6 is 11.3 Å². The molecule has 0 bridgehead atoms. The van der Waals surface area contributed by atoms with Gasteiger partial charge in [-0.2, -0.15) is 0 Å². The summed E-state index contributed by atoms with van der Waals surface area (Å²) in [4.78, 5) is 18.6. The van der Waals surface area contributed by atoms with Crippen molar-refractivity contribution in [3.05, 3.63) is 90.1 Å². The molecular formula is C33H34N6S. The summed E-state index contributed by atoms with van der Waals surface area (Å²) in [6.07, 6.45) is 20.7. The van der Waals surface area contributed by atoms with Gasteiger partial charge in [-0.25, -0.2) is 9.97 Å². The van der Waals surface area contributed by atoms with Crippen molar-refractivity contribution < 1.29 is 0 Å². The van der Waals surface area contributed by atoms with E-state index in [0.717, 1.165) is 56.3 Å². The number of pyridine rings is 2. The number of aromatic nitrogens is 4. The first-order valence-electron chi connectivity index (χ1n) is 13.6. The van der Waals surface area contributed by atoms with Crippen LogP contribution in [0.15, 0.2) is 78.7 Å². The van der Waals surface area contributed by atoms with Crippen LogP contribution < -0.4 is 10.6 Å². The number of imidazole rings is 1. The lowest BCUT2D eigenvalue weighted by Crippen LogP contribution is -2.14. The van der Waals surface area contributed by atoms with Gasteiger partial charge in [0.25, 0.3) is 0 Å². The lowest BCUT2D eigenvalue weighted by molar-refractivity contribution is 0.405. The van der Waals surface area contributed by atoms with E-state index in [1.54, 1.807) is 11.3 Å². The average molecular weight is 547 g/mol. The second-order valence-electron chi connectivity index (χ2n) is 9.96. The molecule has 0 saturated heterocycles. The fraction of sp³-hybridized carbons (Fsp3) is 0.242. The zero-order chi connectivity index (χ0) is 27.9. The van der Waals surface area contributed by atoms with Gasteiger partial charge in [0, 0.05) is 53.3 Å². The Hall–Kier alpha value is -4.41. The molecule has 0 spiro atoms. The number of fused-ring (bicyclic) bond motifs is 1. The Morgan fingerprint density at radius 1 is 1.07 bits per heavy atom. The molecule has 4 aromatic heterocycles. The van der Waals surface area contributed by atoms with Crippen molar-refractivity contribution in [2.75, 3.05) is 17.7 Å². The van der Waals surface area contributed by atoms with Gasteiger partial charge in [0.2, 0.25) is 0 Å². The minimum absolute atomic E-state index is 0.549. The largest absolute Gasteiger partial charge is 0.388 e. The summed E-state index contributed by atoms with van der Waals surface area (Å²) < 4.78 is 0. The van der Waals surface area contributed by atoms with E-state index in [0.29, 0.717) is 12.3 Å². The standard InChI is InChI=1S/C31H32N6S.C2H2/c1-20(21-7-4-3-5-8-21)35-25-16-24(18-33-19-25)22-10-11-27(32-2)23(15-22)17-29-36-30-26(28-9-6-14-38-28)12-13-34-31(30)37-29;1-2/h6,9-16,18-19,21,32,35H,1,3-5,7-8,17H2,2H3,(H,34,36,37);1-2H. The summed E-state index contributed by atoms with van der Waals surface area (Å²) >= 11 is 1.72. The predicted molar refractivity (Wildman–Crippen MR) is 168 cm³/mol. The van der Waals surface area contributed by atoms with Crippen molar-refractivity contribution in [1.29, 1.82) is 0 Å². The molecule has 40 heavy (non-hydrogen) atoms. The van der Waals surface area contributed by atoms with Crippen LogP contribution in [0.2, 0.25) is 0 Å². The minimum Gasteiger partial charge on any atom is -0.388 e. The maximum absolute atomic E-state index is 4.83. The van der Waals surface area contributed by atoms with Gasteiger partial charge in [-0.1, -0.05) is 38.0 Å². The number of hydrogen-bond acceptors (Lipinski definition) is 6. The normalized spacial score (nSPS) is 13.4. The Morgan fingerprint density at radius 3 is 2.70 bits per heavy atom. The third-order valence-corrected chi connectivity index (χ3v) is 8.34. The van der Waals surface area contributed by atoms with E-state index in [2.05, 4.69) is 86.8 Å². The maximum atomic E-state index is 4.83. The van der Waals surface area contributed by atoms with Crippen LogP contribution in [0.3, 0.4) is 0 Å². The van der Waals surface area contributed by atoms with E-state index in [1.807, 2.05) is 31.7 Å². The van der Waals surface area contributed by atoms with E-state index >= 15 is 0 Å². The fourth-order valence-corrected chi connectivity index (χ4v) is 6.19. The summed E-state index contributed by atoms with van der Waals surface area (Å²) in [5.74, 6) is 1.44. The number of rotatable bonds is 8. The Balaban J connectivity index is 0.00000158. The van der Waals surface area contributed by atoms with Gasteiger partial charge < -0.3 is 15.6 Å². The number of nitrogens with one attached hydrogen (secondary N) is 3. The van der Waals surface area contributed by atoms with E-state index in [-0.39, 0.29) is 0 Å². The van der Waals surface area contributed by atoms with Crippen LogP contribution in [-0.4, -0.2) is 27.0 Å². The second kappa shape index (κ2) is 12.6. The van der Waals surface area contributed by atoms with Gasteiger partial charge in [0.05, 0.1) is 17.4 Å². The highest BCUT2D eigenvalue weighted by molar-refractivity contribution is 7.13. The molecule has 0 unspecified atom stereocenters. The molecule has 1 fully saturated rings. The predicted octanol–water partition coefficient (Wildman–Crippen LogP) is 8.14. The summed E-state index contributed by atoms with van der Waals surface area (Å²) in [5.41, 5.74) is 9.38. The van der Waals surface area contributed by atoms with Crippen LogP contribution in [0.25, 0.3) is 32.7 Å². The lowest BCUT2D eigenvalue weighted by atomic mass is 9.87. The van der Waals surface area contributed by atoms with Gasteiger partial charge in [-0.15, -0.1) is 24.2 Å². The maximum Gasteiger partial charge on any atom is 0.178 e. The monoisotopic (exact) mass is 546 g/mol. The number of aromatic amines is 1. The van der Waals surface area contributed by atoms with E-state index in [9.17, 15) is 0 Å². The summed E-state index contributed by atoms with van der Waals surface area (Å²) in [6, 6.07) is 14.9. The SMILES string of the molecule is C#C.C=C(Nc1cncc(-c2ccc(NC)c(Cc3nc4nccc(-c5cccs5)c4[nH]3)c2)c1)C1CCCCC1. The molecular weight excluding hydrogens is 512 g/mol. The highest BCUT2D eigenvalue weighted by Crippen LogP contribution is 2.33. The molecule has 1 aromatic carbocycles. The van der Waals surface area contributed by atoms with Crippen molar-refractivity contribution in [1.82, 2.24) is 19.9 Å². The van der Waals surface area contributed by atoms with Gasteiger partial charge in [-0.05, 0) is 65.6 Å². The van der Waals surface area contributed by atoms with Crippen molar-refractivity contribution in [2.24, 2.45) is 5.92 Å². The Kier molecular flexibility index (Phi) is 8.58. The Bertz CT molecular complexity index is 1610. The first-order chi connectivity index (χ1) is 19.7. The Labute approximate surface area is 240 Å². The van der Waals surface area contributed by atoms with Crippen molar-refractivity contribution in [3.8, 4) is 34.4 Å². The number of H-pyrrole nitrogens is 1. The average Bonchev–Trinajstić information content (AvgIpc) is 3.69. The zero-order valence-corrected chi connectivity index (χ0v) is 23.6. The number of allylic oxidation sites excluding steroid dienone is 1. The number of thiophene rings is 1. The van der Waals surface area contributed by atoms with E-state index in [4.69, 9.17) is 4.98 Å². The molecule has 6 rings (SSSR count). The van der Waals surface area contributed by atoms with Crippen molar-refractivity contribution >= 4 is 33.9 Å². The molecule has 6 nitrogen and oxygen atoms in total. The van der Waals surface area contributed by atoms with Gasteiger partial charge >= 0.3 is 0 Å². The van der Waals surface area contributed by atoms with Crippen LogP contribution in [0, 0.1) is 18.8 Å². The zero-order valence-electron chi connectivity index (χ0n) is 22.8. The molecule has 3 N–H and O–H groups in total. The quantitative estimate of drug-likeness (QED) is 0.171. The first kappa shape index (κ1) is 27.2. The van der Waals surface area contributed by atoms with E-state index < -0.39 is 0 Å². The molecule has 0 radical (unpaired) electrons. The molecule has 202 valence electrons.